The molecule has 1 saturated carbocycles. The molecule has 2 unspecified atom stereocenters. The molecule has 3 nitrogen and oxygen atoms in total. The topological polar surface area (TPSA) is 27.7 Å². The van der Waals surface area contributed by atoms with Crippen LogP contribution in [0.15, 0.2) is 35.8 Å². The van der Waals surface area contributed by atoms with Crippen LogP contribution in [0.4, 0.5) is 8.78 Å². The largest absolute Gasteiger partial charge is 0.498 e. The van der Waals surface area contributed by atoms with E-state index < -0.39 is 11.7 Å². The first-order chi connectivity index (χ1) is 14.0. The van der Waals surface area contributed by atoms with Gasteiger partial charge in [-0.25, -0.2) is 0 Å². The number of allylic oxidation sites excluding steroid dienone is 5. The molecular weight excluding hydrogens is 374 g/mol. The van der Waals surface area contributed by atoms with Crippen LogP contribution in [-0.4, -0.2) is 26.4 Å². The zero-order valence-electron chi connectivity index (χ0n) is 18.4. The molecule has 0 N–H and O–H groups in total. The van der Waals surface area contributed by atoms with Crippen LogP contribution < -0.4 is 0 Å². The highest BCUT2D eigenvalue weighted by molar-refractivity contribution is 5.24. The normalized spacial score (nSPS) is 29.6. The van der Waals surface area contributed by atoms with Gasteiger partial charge in [-0.3, -0.25) is 0 Å². The van der Waals surface area contributed by atoms with E-state index in [1.165, 1.54) is 33.3 Å². The van der Waals surface area contributed by atoms with Gasteiger partial charge in [0, 0.05) is 6.42 Å². The molecule has 2 rings (SSSR count). The third-order valence-corrected chi connectivity index (χ3v) is 6.52. The lowest BCUT2D eigenvalue weighted by molar-refractivity contribution is -0.0427. The second-order valence-corrected chi connectivity index (χ2v) is 8.42. The summed E-state index contributed by atoms with van der Waals surface area (Å²) >= 11 is 0. The fraction of sp³-hybridized carbons (Fsp3) is 0.750. The van der Waals surface area contributed by atoms with Crippen molar-refractivity contribution < 1.29 is 23.0 Å². The summed E-state index contributed by atoms with van der Waals surface area (Å²) in [5, 5.41) is 0. The molecule has 0 aromatic heterocycles. The molecule has 166 valence electrons. The van der Waals surface area contributed by atoms with Crippen molar-refractivity contribution >= 4 is 0 Å². The van der Waals surface area contributed by atoms with Gasteiger partial charge in [-0.05, 0) is 76.0 Å². The van der Waals surface area contributed by atoms with Crippen LogP contribution in [0.5, 0.6) is 0 Å². The van der Waals surface area contributed by atoms with Gasteiger partial charge >= 0.3 is 0 Å². The summed E-state index contributed by atoms with van der Waals surface area (Å²) < 4.78 is 44.8. The molecule has 1 aliphatic carbocycles. The predicted octanol–water partition coefficient (Wildman–Crippen LogP) is 7.01. The van der Waals surface area contributed by atoms with E-state index in [1.807, 2.05) is 6.08 Å². The minimum atomic E-state index is -0.975. The van der Waals surface area contributed by atoms with Crippen LogP contribution >= 0.6 is 0 Å². The Bertz CT molecular complexity index is 569. The van der Waals surface area contributed by atoms with Crippen LogP contribution in [0.3, 0.4) is 0 Å². The summed E-state index contributed by atoms with van der Waals surface area (Å²) in [5.74, 6) is -0.124. The zero-order valence-corrected chi connectivity index (χ0v) is 18.4. The molecular formula is C24H38F2O3. The van der Waals surface area contributed by atoms with Crippen molar-refractivity contribution in [3.05, 3.63) is 35.8 Å². The fourth-order valence-corrected chi connectivity index (χ4v) is 4.46. The van der Waals surface area contributed by atoms with Crippen LogP contribution in [0.2, 0.25) is 0 Å². The molecule has 0 amide bonds. The minimum absolute atomic E-state index is 0.0704. The maximum Gasteiger partial charge on any atom is 0.199 e. The molecule has 0 spiro atoms. The fourth-order valence-electron chi connectivity index (χ4n) is 4.46. The molecule has 2 fully saturated rings. The van der Waals surface area contributed by atoms with Gasteiger partial charge in [0.05, 0.1) is 26.4 Å². The maximum atomic E-state index is 14.3. The zero-order chi connectivity index (χ0) is 21.2. The van der Waals surface area contributed by atoms with Crippen molar-refractivity contribution in [3.8, 4) is 0 Å². The van der Waals surface area contributed by atoms with Crippen molar-refractivity contribution in [1.29, 1.82) is 0 Å². The third kappa shape index (κ3) is 7.13. The Kier molecular flexibility index (Phi) is 10.2. The van der Waals surface area contributed by atoms with Gasteiger partial charge in [0.1, 0.15) is 11.5 Å². The first-order valence-electron chi connectivity index (χ1n) is 11.1. The summed E-state index contributed by atoms with van der Waals surface area (Å²) in [5.41, 5.74) is 0. The van der Waals surface area contributed by atoms with Crippen molar-refractivity contribution in [1.82, 2.24) is 0 Å². The molecule has 1 heterocycles. The first-order valence-corrected chi connectivity index (χ1v) is 11.1. The summed E-state index contributed by atoms with van der Waals surface area (Å²) in [6, 6.07) is 0. The van der Waals surface area contributed by atoms with E-state index in [0.717, 1.165) is 38.7 Å². The summed E-state index contributed by atoms with van der Waals surface area (Å²) in [4.78, 5) is 0. The van der Waals surface area contributed by atoms with E-state index in [4.69, 9.17) is 14.2 Å². The molecule has 2 aliphatic rings. The molecule has 1 aliphatic heterocycles. The summed E-state index contributed by atoms with van der Waals surface area (Å²) in [7, 11) is 1.33. The average Bonchev–Trinajstić information content (AvgIpc) is 2.77. The lowest BCUT2D eigenvalue weighted by Gasteiger charge is -2.37. The maximum absolute atomic E-state index is 14.3. The Morgan fingerprint density at radius 1 is 1.07 bits per heavy atom. The number of ether oxygens (including phenoxy) is 3. The van der Waals surface area contributed by atoms with Gasteiger partial charge in [-0.1, -0.05) is 13.0 Å². The van der Waals surface area contributed by atoms with Crippen molar-refractivity contribution in [3.63, 3.8) is 0 Å². The average molecular weight is 413 g/mol. The van der Waals surface area contributed by atoms with Crippen molar-refractivity contribution in [2.24, 2.45) is 17.8 Å². The standard InChI is InChI=1S/C24H38F2O3/c1-5-7-8-21-14-13-20(16-28-21)19-11-9-18(10-12-19)15-29-22(6-2)24(26)23(25)17(3)27-4/h5,18-21H,1,6-16H2,2-4H3/b23-17-,24-22-. The minimum Gasteiger partial charge on any atom is -0.498 e. The monoisotopic (exact) mass is 412 g/mol. The molecule has 1 saturated heterocycles. The van der Waals surface area contributed by atoms with E-state index in [2.05, 4.69) is 6.58 Å². The van der Waals surface area contributed by atoms with Crippen LogP contribution in [0.1, 0.15) is 71.6 Å². The first kappa shape index (κ1) is 23.9. The summed E-state index contributed by atoms with van der Waals surface area (Å²) in [6.45, 7) is 8.29. The van der Waals surface area contributed by atoms with E-state index in [9.17, 15) is 8.78 Å². The molecule has 2 atom stereocenters. The van der Waals surface area contributed by atoms with E-state index in [1.54, 1.807) is 6.92 Å². The molecule has 0 radical (unpaired) electrons. The Morgan fingerprint density at radius 3 is 2.31 bits per heavy atom. The third-order valence-electron chi connectivity index (χ3n) is 6.52. The highest BCUT2D eigenvalue weighted by Gasteiger charge is 2.31. The number of halogens is 2. The number of hydrogen-bond acceptors (Lipinski definition) is 3. The van der Waals surface area contributed by atoms with Crippen molar-refractivity contribution in [2.75, 3.05) is 20.3 Å². The smallest absolute Gasteiger partial charge is 0.199 e. The van der Waals surface area contributed by atoms with E-state index in [-0.39, 0.29) is 11.5 Å². The van der Waals surface area contributed by atoms with Gasteiger partial charge in [-0.15, -0.1) is 6.58 Å². The molecule has 0 aromatic rings. The number of hydrogen-bond donors (Lipinski definition) is 0. The Hall–Kier alpha value is -1.36. The molecule has 29 heavy (non-hydrogen) atoms. The lowest BCUT2D eigenvalue weighted by Crippen LogP contribution is -2.33. The van der Waals surface area contributed by atoms with Gasteiger partial charge in [0.25, 0.3) is 0 Å². The SMILES string of the molecule is C=CCCC1CCC(C2CCC(CO/C(CC)=C(F)/C(F)=C(\C)OC)CC2)CO1. The molecule has 0 aromatic carbocycles. The molecule has 5 heteroatoms. The second-order valence-electron chi connectivity index (χ2n) is 8.42. The Labute approximate surface area is 175 Å². The highest BCUT2D eigenvalue weighted by Crippen LogP contribution is 2.38. The van der Waals surface area contributed by atoms with Gasteiger partial charge < -0.3 is 14.2 Å². The Morgan fingerprint density at radius 2 is 1.76 bits per heavy atom. The second kappa shape index (κ2) is 12.4. The lowest BCUT2D eigenvalue weighted by atomic mass is 9.74. The quantitative estimate of drug-likeness (QED) is 0.219. The van der Waals surface area contributed by atoms with Crippen LogP contribution in [0.25, 0.3) is 0 Å². The van der Waals surface area contributed by atoms with Gasteiger partial charge in [0.2, 0.25) is 0 Å². The number of rotatable bonds is 10. The highest BCUT2D eigenvalue weighted by atomic mass is 19.2. The molecule has 0 bridgehead atoms. The number of methoxy groups -OCH3 is 1. The van der Waals surface area contributed by atoms with Crippen molar-refractivity contribution in [2.45, 2.75) is 77.7 Å². The van der Waals surface area contributed by atoms with Gasteiger partial charge in [0.15, 0.2) is 11.7 Å². The summed E-state index contributed by atoms with van der Waals surface area (Å²) in [6.07, 6.45) is 11.7. The predicted molar refractivity (Wildman–Crippen MR) is 113 cm³/mol. The van der Waals surface area contributed by atoms with Gasteiger partial charge in [-0.2, -0.15) is 8.78 Å². The van der Waals surface area contributed by atoms with Crippen LogP contribution in [0, 0.1) is 17.8 Å². The van der Waals surface area contributed by atoms with Crippen LogP contribution in [-0.2, 0) is 14.2 Å². The Balaban J connectivity index is 1.76. The van der Waals surface area contributed by atoms with E-state index >= 15 is 0 Å². The van der Waals surface area contributed by atoms with E-state index in [0.29, 0.717) is 36.9 Å².